The van der Waals surface area contributed by atoms with Crippen molar-refractivity contribution < 1.29 is 9.18 Å². The first kappa shape index (κ1) is 19.8. The quantitative estimate of drug-likeness (QED) is 0.496. The molecule has 5 nitrogen and oxygen atoms in total. The van der Waals surface area contributed by atoms with Gasteiger partial charge in [0.15, 0.2) is 0 Å². The molecular formula is C23H18ClFN4O. The summed E-state index contributed by atoms with van der Waals surface area (Å²) < 4.78 is 15.7. The van der Waals surface area contributed by atoms with Gasteiger partial charge in [-0.25, -0.2) is 9.07 Å². The Morgan fingerprint density at radius 1 is 1.03 bits per heavy atom. The van der Waals surface area contributed by atoms with E-state index in [2.05, 4.69) is 10.3 Å². The van der Waals surface area contributed by atoms with Gasteiger partial charge in [-0.1, -0.05) is 35.9 Å². The van der Waals surface area contributed by atoms with Gasteiger partial charge in [0.1, 0.15) is 5.82 Å². The van der Waals surface area contributed by atoms with Crippen LogP contribution in [0.4, 0.5) is 4.39 Å². The molecule has 4 aromatic rings. The van der Waals surface area contributed by atoms with Gasteiger partial charge in [0.05, 0.1) is 17.8 Å². The number of hydrogen-bond acceptors (Lipinski definition) is 3. The van der Waals surface area contributed by atoms with E-state index in [9.17, 15) is 9.18 Å². The highest BCUT2D eigenvalue weighted by atomic mass is 35.5. The SMILES string of the molecule is O=C(Cc1c(F)cccc1Cl)NCc1cn(-c2ccccc2)nc1-c1ccncc1. The third-order valence-corrected chi connectivity index (χ3v) is 4.99. The van der Waals surface area contributed by atoms with Crippen molar-refractivity contribution in [3.8, 4) is 16.9 Å². The van der Waals surface area contributed by atoms with Crippen molar-refractivity contribution in [3.63, 3.8) is 0 Å². The lowest BCUT2D eigenvalue weighted by molar-refractivity contribution is -0.120. The fourth-order valence-electron chi connectivity index (χ4n) is 3.12. The fraction of sp³-hybridized carbons (Fsp3) is 0.0870. The third-order valence-electron chi connectivity index (χ3n) is 4.64. The Labute approximate surface area is 178 Å². The van der Waals surface area contributed by atoms with Crippen LogP contribution >= 0.6 is 11.6 Å². The number of halogens is 2. The van der Waals surface area contributed by atoms with Gasteiger partial charge in [-0.2, -0.15) is 5.10 Å². The molecule has 0 aliphatic rings. The largest absolute Gasteiger partial charge is 0.352 e. The molecule has 0 spiro atoms. The predicted molar refractivity (Wildman–Crippen MR) is 114 cm³/mol. The van der Waals surface area contributed by atoms with E-state index in [1.54, 1.807) is 23.1 Å². The first-order chi connectivity index (χ1) is 14.6. The Hall–Kier alpha value is -3.51. The van der Waals surface area contributed by atoms with E-state index in [1.165, 1.54) is 12.1 Å². The van der Waals surface area contributed by atoms with Gasteiger partial charge < -0.3 is 5.32 Å². The van der Waals surface area contributed by atoms with Gasteiger partial charge in [0, 0.05) is 46.8 Å². The van der Waals surface area contributed by atoms with Gasteiger partial charge in [0.2, 0.25) is 5.91 Å². The summed E-state index contributed by atoms with van der Waals surface area (Å²) in [6, 6.07) is 17.8. The van der Waals surface area contributed by atoms with Gasteiger partial charge in [0.25, 0.3) is 0 Å². The van der Waals surface area contributed by atoms with Crippen LogP contribution in [0.15, 0.2) is 79.3 Å². The summed E-state index contributed by atoms with van der Waals surface area (Å²) in [5.74, 6) is -0.817. The van der Waals surface area contributed by atoms with Crippen LogP contribution < -0.4 is 5.32 Å². The number of carbonyl (C=O) groups excluding carboxylic acids is 1. The molecule has 0 radical (unpaired) electrons. The Kier molecular flexibility index (Phi) is 5.86. The van der Waals surface area contributed by atoms with Crippen LogP contribution in [0.2, 0.25) is 5.02 Å². The maximum Gasteiger partial charge on any atom is 0.224 e. The van der Waals surface area contributed by atoms with E-state index in [-0.39, 0.29) is 29.5 Å². The first-order valence-electron chi connectivity index (χ1n) is 9.36. The normalized spacial score (nSPS) is 10.7. The molecule has 2 aromatic heterocycles. The van der Waals surface area contributed by atoms with E-state index in [0.717, 1.165) is 22.5 Å². The second-order valence-electron chi connectivity index (χ2n) is 6.67. The minimum absolute atomic E-state index is 0.136. The predicted octanol–water partition coefficient (Wildman–Crippen LogP) is 4.59. The van der Waals surface area contributed by atoms with Crippen LogP contribution in [0, 0.1) is 5.82 Å². The molecule has 1 amide bonds. The molecule has 150 valence electrons. The van der Waals surface area contributed by atoms with Crippen LogP contribution in [0.3, 0.4) is 0 Å². The molecule has 30 heavy (non-hydrogen) atoms. The summed E-state index contributed by atoms with van der Waals surface area (Å²) in [4.78, 5) is 16.5. The van der Waals surface area contributed by atoms with E-state index in [1.807, 2.05) is 48.7 Å². The summed E-state index contributed by atoms with van der Waals surface area (Å²) in [5, 5.41) is 7.78. The average molecular weight is 421 g/mol. The Bertz CT molecular complexity index is 1140. The topological polar surface area (TPSA) is 59.8 Å². The van der Waals surface area contributed by atoms with Gasteiger partial charge >= 0.3 is 0 Å². The molecule has 0 fully saturated rings. The molecule has 4 rings (SSSR count). The lowest BCUT2D eigenvalue weighted by Gasteiger charge is -2.08. The number of aromatic nitrogens is 3. The van der Waals surface area contributed by atoms with Crippen molar-refractivity contribution in [2.24, 2.45) is 0 Å². The van der Waals surface area contributed by atoms with Crippen molar-refractivity contribution >= 4 is 17.5 Å². The number of amides is 1. The highest BCUT2D eigenvalue weighted by molar-refractivity contribution is 6.31. The fourth-order valence-corrected chi connectivity index (χ4v) is 3.35. The zero-order valence-electron chi connectivity index (χ0n) is 15.9. The monoisotopic (exact) mass is 420 g/mol. The molecule has 2 aromatic carbocycles. The van der Waals surface area contributed by atoms with Crippen LogP contribution in [-0.4, -0.2) is 20.7 Å². The molecule has 0 atom stereocenters. The molecule has 0 unspecified atom stereocenters. The number of rotatable bonds is 6. The highest BCUT2D eigenvalue weighted by Gasteiger charge is 2.15. The summed E-state index contributed by atoms with van der Waals surface area (Å²) in [5.41, 5.74) is 3.55. The zero-order chi connectivity index (χ0) is 20.9. The van der Waals surface area contributed by atoms with Crippen LogP contribution in [-0.2, 0) is 17.8 Å². The Balaban J connectivity index is 1.57. The summed E-state index contributed by atoms with van der Waals surface area (Å²) in [6.07, 6.45) is 5.13. The van der Waals surface area contributed by atoms with Crippen molar-refractivity contribution in [2.75, 3.05) is 0 Å². The van der Waals surface area contributed by atoms with E-state index in [0.29, 0.717) is 0 Å². The minimum Gasteiger partial charge on any atom is -0.352 e. The third kappa shape index (κ3) is 4.39. The minimum atomic E-state index is -0.493. The highest BCUT2D eigenvalue weighted by Crippen LogP contribution is 2.24. The van der Waals surface area contributed by atoms with E-state index in [4.69, 9.17) is 16.7 Å². The number of nitrogens with zero attached hydrogens (tertiary/aromatic N) is 3. The summed E-state index contributed by atoms with van der Waals surface area (Å²) in [7, 11) is 0. The lowest BCUT2D eigenvalue weighted by atomic mass is 10.1. The number of carbonyl (C=O) groups is 1. The van der Waals surface area contributed by atoms with Gasteiger partial charge in [-0.15, -0.1) is 0 Å². The molecular weight excluding hydrogens is 403 g/mol. The second-order valence-corrected chi connectivity index (χ2v) is 7.08. The molecule has 0 bridgehead atoms. The average Bonchev–Trinajstić information content (AvgIpc) is 3.21. The molecule has 7 heteroatoms. The maximum atomic E-state index is 14.0. The maximum absolute atomic E-state index is 14.0. The van der Waals surface area contributed by atoms with Crippen molar-refractivity contribution in [1.29, 1.82) is 0 Å². The van der Waals surface area contributed by atoms with Crippen molar-refractivity contribution in [1.82, 2.24) is 20.1 Å². The van der Waals surface area contributed by atoms with E-state index >= 15 is 0 Å². The van der Waals surface area contributed by atoms with Gasteiger partial charge in [-0.3, -0.25) is 9.78 Å². The molecule has 0 saturated heterocycles. The van der Waals surface area contributed by atoms with Crippen LogP contribution in [0.1, 0.15) is 11.1 Å². The molecule has 1 N–H and O–H groups in total. The van der Waals surface area contributed by atoms with Crippen molar-refractivity contribution in [3.05, 3.63) is 101 Å². The smallest absolute Gasteiger partial charge is 0.224 e. The molecule has 0 aliphatic carbocycles. The van der Waals surface area contributed by atoms with Crippen LogP contribution in [0.5, 0.6) is 0 Å². The van der Waals surface area contributed by atoms with Crippen molar-refractivity contribution in [2.45, 2.75) is 13.0 Å². The number of hydrogen-bond donors (Lipinski definition) is 1. The number of pyridine rings is 1. The Morgan fingerprint density at radius 2 is 1.80 bits per heavy atom. The molecule has 0 aliphatic heterocycles. The lowest BCUT2D eigenvalue weighted by Crippen LogP contribution is -2.25. The summed E-state index contributed by atoms with van der Waals surface area (Å²) in [6.45, 7) is 0.245. The molecule has 2 heterocycles. The number of nitrogens with one attached hydrogen (secondary N) is 1. The zero-order valence-corrected chi connectivity index (χ0v) is 16.7. The number of para-hydroxylation sites is 1. The van der Waals surface area contributed by atoms with Gasteiger partial charge in [-0.05, 0) is 36.4 Å². The standard InChI is InChI=1S/C23H18ClFN4O/c24-20-7-4-8-21(25)19(20)13-22(30)27-14-17-15-29(18-5-2-1-3-6-18)28-23(17)16-9-11-26-12-10-16/h1-12,15H,13-14H2,(H,27,30). The Morgan fingerprint density at radius 3 is 2.53 bits per heavy atom. The summed E-state index contributed by atoms with van der Waals surface area (Å²) >= 11 is 6.03. The first-order valence-corrected chi connectivity index (χ1v) is 9.73. The number of benzene rings is 2. The molecule has 0 saturated carbocycles. The second kappa shape index (κ2) is 8.88. The van der Waals surface area contributed by atoms with E-state index < -0.39 is 5.82 Å². The van der Waals surface area contributed by atoms with Crippen LogP contribution in [0.25, 0.3) is 16.9 Å².